The molecule has 10 nitrogen and oxygen atoms in total. The van der Waals surface area contributed by atoms with Crippen molar-refractivity contribution in [3.63, 3.8) is 0 Å². The van der Waals surface area contributed by atoms with Gasteiger partial charge in [0.2, 0.25) is 0 Å². The van der Waals surface area contributed by atoms with Crippen LogP contribution in [0.15, 0.2) is 0 Å². The van der Waals surface area contributed by atoms with Crippen molar-refractivity contribution in [3.8, 4) is 0 Å². The molecule has 0 bridgehead atoms. The van der Waals surface area contributed by atoms with Gasteiger partial charge >= 0.3 is 29.4 Å². The summed E-state index contributed by atoms with van der Waals surface area (Å²) in [6.07, 6.45) is -1.60. The van der Waals surface area contributed by atoms with E-state index in [1.165, 1.54) is 27.3 Å². The van der Waals surface area contributed by atoms with Crippen LogP contribution in [0.4, 0.5) is 0 Å². The first-order valence-electron chi connectivity index (χ1n) is 6.73. The summed E-state index contributed by atoms with van der Waals surface area (Å²) in [5.74, 6) is 0. The summed E-state index contributed by atoms with van der Waals surface area (Å²) in [6, 6.07) is 0. The number of rotatable bonds is 12. The maximum Gasteiger partial charge on any atom is 0.394 e. The van der Waals surface area contributed by atoms with E-state index in [2.05, 4.69) is 8.37 Å². The van der Waals surface area contributed by atoms with Crippen molar-refractivity contribution in [2.45, 2.75) is 52.4 Å². The minimum absolute atomic E-state index is 0.245. The molecule has 23 heavy (non-hydrogen) atoms. The molecule has 0 aromatic carbocycles. The molecule has 0 fully saturated rings. The smallest absolute Gasteiger partial charge is 0.355 e. The lowest BCUT2D eigenvalue weighted by Gasteiger charge is -2.23. The zero-order valence-electron chi connectivity index (χ0n) is 14.0. The average Bonchev–Trinajstić information content (AvgIpc) is 2.39. The van der Waals surface area contributed by atoms with E-state index in [1.54, 1.807) is 13.8 Å². The van der Waals surface area contributed by atoms with Crippen molar-refractivity contribution in [2.75, 3.05) is 14.2 Å². The van der Waals surface area contributed by atoms with Crippen molar-refractivity contribution >= 4 is 29.4 Å². The molecule has 0 rings (SSSR count). The van der Waals surface area contributed by atoms with Gasteiger partial charge in [-0.25, -0.2) is 8.37 Å². The van der Waals surface area contributed by atoms with Crippen LogP contribution >= 0.6 is 0 Å². The normalized spacial score (nSPS) is 16.3. The number of ether oxygens (including phenoxy) is 2. The van der Waals surface area contributed by atoms with Crippen molar-refractivity contribution in [1.82, 2.24) is 0 Å². The zero-order valence-corrected chi connectivity index (χ0v) is 16.6. The predicted molar refractivity (Wildman–Crippen MR) is 81.8 cm³/mol. The van der Waals surface area contributed by atoms with Gasteiger partial charge in [0.05, 0.1) is 0 Å². The highest BCUT2D eigenvalue weighted by atomic mass is 32.3. The summed E-state index contributed by atoms with van der Waals surface area (Å²) in [4.78, 5) is 0. The van der Waals surface area contributed by atoms with Crippen LogP contribution in [0.3, 0.4) is 0 Å². The molecular formula is C10H24O10S2Si. The van der Waals surface area contributed by atoms with Gasteiger partial charge < -0.3 is 9.47 Å². The van der Waals surface area contributed by atoms with Gasteiger partial charge in [-0.2, -0.15) is 16.8 Å². The van der Waals surface area contributed by atoms with Gasteiger partial charge in [-0.1, -0.05) is 13.8 Å². The van der Waals surface area contributed by atoms with Gasteiger partial charge in [-0.15, -0.1) is 0 Å². The topological polar surface area (TPSA) is 124 Å². The molecule has 140 valence electrons. The zero-order chi connectivity index (χ0) is 18.3. The Labute approximate surface area is 138 Å². The lowest BCUT2D eigenvalue weighted by atomic mass is 10.5. The number of methoxy groups -OCH3 is 2. The number of hydrogen-bond acceptors (Lipinski definition) is 10. The lowest BCUT2D eigenvalue weighted by Crippen LogP contribution is -2.41. The highest BCUT2D eigenvalue weighted by Crippen LogP contribution is 2.19. The molecule has 2 unspecified atom stereocenters. The van der Waals surface area contributed by atoms with E-state index >= 15 is 0 Å². The van der Waals surface area contributed by atoms with Gasteiger partial charge in [-0.05, 0) is 25.9 Å². The fraction of sp³-hybridized carbons (Fsp3) is 1.00. The molecule has 0 aliphatic rings. The number of hydrogen-bond donors (Lipinski definition) is 0. The van der Waals surface area contributed by atoms with Crippen molar-refractivity contribution in [2.24, 2.45) is 0 Å². The van der Waals surface area contributed by atoms with E-state index in [4.69, 9.17) is 17.2 Å². The van der Waals surface area contributed by atoms with Gasteiger partial charge in [-0.3, -0.25) is 7.74 Å². The Hall–Kier alpha value is -0.123. The van der Waals surface area contributed by atoms with Crippen LogP contribution in [0.25, 0.3) is 0 Å². The molecule has 0 saturated heterocycles. The molecular weight excluding hydrogens is 372 g/mol. The van der Waals surface area contributed by atoms with E-state index in [1.807, 2.05) is 0 Å². The second-order valence-electron chi connectivity index (χ2n) is 4.72. The molecule has 0 aliphatic heterocycles. The van der Waals surface area contributed by atoms with Gasteiger partial charge in [0.1, 0.15) is 0 Å². The van der Waals surface area contributed by atoms with E-state index in [9.17, 15) is 16.8 Å². The van der Waals surface area contributed by atoms with Crippen molar-refractivity contribution < 1.29 is 42.4 Å². The maximum atomic E-state index is 11.8. The first-order chi connectivity index (χ1) is 10.4. The Morgan fingerprint density at radius 3 is 1.30 bits per heavy atom. The quantitative estimate of drug-likeness (QED) is 0.348. The molecule has 0 saturated carbocycles. The summed E-state index contributed by atoms with van der Waals surface area (Å²) in [5.41, 5.74) is 0. The minimum Gasteiger partial charge on any atom is -0.355 e. The molecule has 13 heteroatoms. The largest absolute Gasteiger partial charge is 0.394 e. The summed E-state index contributed by atoms with van der Waals surface area (Å²) in [5, 5.41) is 0. The van der Waals surface area contributed by atoms with Crippen LogP contribution in [0.5, 0.6) is 0 Å². The third-order valence-electron chi connectivity index (χ3n) is 2.25. The average molecular weight is 397 g/mol. The van der Waals surface area contributed by atoms with Crippen LogP contribution in [0.1, 0.15) is 26.7 Å². The van der Waals surface area contributed by atoms with Gasteiger partial charge in [0.15, 0.2) is 12.6 Å². The molecule has 0 aliphatic carbocycles. The van der Waals surface area contributed by atoms with Crippen LogP contribution in [-0.2, 0) is 46.4 Å². The Bertz CT molecular complexity index is 488. The SMILES string of the molecule is CCC(OC)OS(=O)(=O)O[Si](C)(C)OS(=O)(=O)OC(CC)OC. The van der Waals surface area contributed by atoms with E-state index in [0.717, 1.165) is 0 Å². The standard InChI is InChI=1S/C10H24O10S2Si/c1-7-9(15-3)17-21(11,12)19-23(5,6)20-22(13,14)18-10(8-2)16-4/h9-10H,7-8H2,1-6H3. The van der Waals surface area contributed by atoms with E-state index < -0.39 is 41.9 Å². The summed E-state index contributed by atoms with van der Waals surface area (Å²) < 4.78 is 75.3. The first-order valence-corrected chi connectivity index (χ1v) is 12.2. The van der Waals surface area contributed by atoms with Crippen LogP contribution in [0.2, 0.25) is 13.1 Å². The highest BCUT2D eigenvalue weighted by Gasteiger charge is 2.40. The Balaban J connectivity index is 4.93. The maximum absolute atomic E-state index is 11.8. The first kappa shape index (κ1) is 22.9. The van der Waals surface area contributed by atoms with Crippen LogP contribution in [-0.4, -0.2) is 52.2 Å². The molecule has 0 radical (unpaired) electrons. The monoisotopic (exact) mass is 396 g/mol. The lowest BCUT2D eigenvalue weighted by molar-refractivity contribution is -0.0578. The Morgan fingerprint density at radius 1 is 0.783 bits per heavy atom. The summed E-state index contributed by atoms with van der Waals surface area (Å²) in [6.45, 7) is 5.68. The second kappa shape index (κ2) is 9.38. The highest BCUT2D eigenvalue weighted by molar-refractivity contribution is 7.84. The predicted octanol–water partition coefficient (Wildman–Crippen LogP) is 1.01. The van der Waals surface area contributed by atoms with Crippen LogP contribution < -0.4 is 0 Å². The summed E-state index contributed by atoms with van der Waals surface area (Å²) >= 11 is 0. The summed E-state index contributed by atoms with van der Waals surface area (Å²) in [7, 11) is -10.2. The molecule has 0 spiro atoms. The minimum atomic E-state index is -4.51. The van der Waals surface area contributed by atoms with Gasteiger partial charge in [0.25, 0.3) is 0 Å². The Kier molecular flexibility index (Phi) is 9.33. The molecule has 0 amide bonds. The molecule has 0 aromatic rings. The molecule has 0 N–H and O–H groups in total. The molecule has 0 heterocycles. The third kappa shape index (κ3) is 9.68. The van der Waals surface area contributed by atoms with E-state index in [-0.39, 0.29) is 12.8 Å². The second-order valence-corrected chi connectivity index (χ2v) is 10.9. The Morgan fingerprint density at radius 2 is 1.09 bits per heavy atom. The van der Waals surface area contributed by atoms with Crippen molar-refractivity contribution in [1.29, 1.82) is 0 Å². The third-order valence-corrected chi connectivity index (χ3v) is 7.99. The fourth-order valence-corrected chi connectivity index (χ4v) is 6.92. The van der Waals surface area contributed by atoms with E-state index in [0.29, 0.717) is 0 Å². The van der Waals surface area contributed by atoms with Gasteiger partial charge in [0, 0.05) is 14.2 Å². The molecule has 2 atom stereocenters. The fourth-order valence-electron chi connectivity index (χ4n) is 1.36. The van der Waals surface area contributed by atoms with Crippen LogP contribution in [0, 0.1) is 0 Å². The van der Waals surface area contributed by atoms with Crippen molar-refractivity contribution in [3.05, 3.63) is 0 Å². The molecule has 0 aromatic heterocycles.